The van der Waals surface area contributed by atoms with Gasteiger partial charge >= 0.3 is 0 Å². The summed E-state index contributed by atoms with van der Waals surface area (Å²) in [7, 11) is 0. The van der Waals surface area contributed by atoms with E-state index in [2.05, 4.69) is 10.3 Å². The average Bonchev–Trinajstić information content (AvgIpc) is 2.72. The maximum atomic E-state index is 12.4. The molecule has 1 fully saturated rings. The molecule has 1 saturated heterocycles. The molecular weight excluding hydrogens is 258 g/mol. The third kappa shape index (κ3) is 2.55. The molecule has 1 aliphatic heterocycles. The molecule has 0 aromatic carbocycles. The Morgan fingerprint density at radius 3 is 2.45 bits per heavy atom. The Labute approximate surface area is 118 Å². The van der Waals surface area contributed by atoms with Crippen LogP contribution in [0, 0.1) is 13.8 Å². The van der Waals surface area contributed by atoms with Crippen LogP contribution in [-0.4, -0.2) is 33.8 Å². The first-order chi connectivity index (χ1) is 9.47. The number of amides is 2. The molecule has 0 spiro atoms. The molecular formula is C14H21N3O3. The van der Waals surface area contributed by atoms with E-state index < -0.39 is 12.1 Å². The molecule has 110 valence electrons. The van der Waals surface area contributed by atoms with Gasteiger partial charge in [-0.25, -0.2) is 4.98 Å². The van der Waals surface area contributed by atoms with Gasteiger partial charge in [0.25, 0.3) is 0 Å². The van der Waals surface area contributed by atoms with Gasteiger partial charge in [-0.2, -0.15) is 0 Å². The average molecular weight is 279 g/mol. The number of nitrogens with one attached hydrogen (secondary N) is 1. The van der Waals surface area contributed by atoms with Gasteiger partial charge in [-0.15, -0.1) is 0 Å². The predicted molar refractivity (Wildman–Crippen MR) is 72.8 cm³/mol. The number of nitrogens with zero attached hydrogens (tertiary/aromatic N) is 2. The van der Waals surface area contributed by atoms with Crippen molar-refractivity contribution >= 4 is 11.8 Å². The fourth-order valence-electron chi connectivity index (χ4n) is 2.45. The highest BCUT2D eigenvalue weighted by Gasteiger charge is 2.39. The van der Waals surface area contributed by atoms with E-state index in [-0.39, 0.29) is 18.4 Å². The van der Waals surface area contributed by atoms with E-state index >= 15 is 0 Å². The molecule has 2 amide bonds. The Balaban J connectivity index is 2.24. The third-order valence-corrected chi connectivity index (χ3v) is 3.75. The number of carbonyl (C=O) groups excluding carboxylic acids is 2. The number of carbonyl (C=O) groups is 2. The minimum Gasteiger partial charge on any atom is -0.444 e. The van der Waals surface area contributed by atoms with E-state index in [0.29, 0.717) is 18.7 Å². The highest BCUT2D eigenvalue weighted by Crippen LogP contribution is 2.19. The second-order valence-corrected chi connectivity index (χ2v) is 5.11. The molecule has 1 aromatic heterocycles. The van der Waals surface area contributed by atoms with E-state index in [1.807, 2.05) is 27.7 Å². The Morgan fingerprint density at radius 1 is 1.25 bits per heavy atom. The highest BCUT2D eigenvalue weighted by molar-refractivity contribution is 5.96. The molecule has 0 saturated carbocycles. The first kappa shape index (κ1) is 14.6. The quantitative estimate of drug-likeness (QED) is 0.901. The van der Waals surface area contributed by atoms with Crippen molar-refractivity contribution in [2.45, 2.75) is 59.2 Å². The zero-order chi connectivity index (χ0) is 14.9. The fourth-order valence-corrected chi connectivity index (χ4v) is 2.45. The molecule has 2 heterocycles. The lowest BCUT2D eigenvalue weighted by atomic mass is 10.0. The van der Waals surface area contributed by atoms with Gasteiger partial charge in [0.1, 0.15) is 17.8 Å². The minimum absolute atomic E-state index is 0.0625. The summed E-state index contributed by atoms with van der Waals surface area (Å²) in [5.41, 5.74) is 0.814. The minimum atomic E-state index is -0.446. The summed E-state index contributed by atoms with van der Waals surface area (Å²) in [6, 6.07) is -0.889. The molecule has 6 nitrogen and oxygen atoms in total. The predicted octanol–water partition coefficient (Wildman–Crippen LogP) is 1.31. The number of aryl methyl sites for hydroxylation is 2. The van der Waals surface area contributed by atoms with Crippen molar-refractivity contribution in [3.63, 3.8) is 0 Å². The largest absolute Gasteiger partial charge is 0.444 e. The molecule has 0 bridgehead atoms. The molecule has 2 atom stereocenters. The monoisotopic (exact) mass is 279 g/mol. The van der Waals surface area contributed by atoms with Crippen molar-refractivity contribution in [3.8, 4) is 0 Å². The molecule has 1 aromatic rings. The van der Waals surface area contributed by atoms with Gasteiger partial charge in [0.2, 0.25) is 17.7 Å². The molecule has 1 aliphatic rings. The van der Waals surface area contributed by atoms with Crippen LogP contribution in [0.3, 0.4) is 0 Å². The van der Waals surface area contributed by atoms with E-state index in [4.69, 9.17) is 4.42 Å². The van der Waals surface area contributed by atoms with E-state index in [1.54, 1.807) is 4.90 Å². The standard InChI is InChI=1S/C14H21N3O3/c1-5-10-14(19)17(11(6-2)13(18)16-10)7-12-15-8(3)9(4)20-12/h10-11H,5-7H2,1-4H3,(H,16,18). The maximum Gasteiger partial charge on any atom is 0.246 e. The summed E-state index contributed by atoms with van der Waals surface area (Å²) in [5, 5.41) is 2.77. The van der Waals surface area contributed by atoms with Crippen LogP contribution >= 0.6 is 0 Å². The molecule has 20 heavy (non-hydrogen) atoms. The van der Waals surface area contributed by atoms with E-state index in [1.165, 1.54) is 0 Å². The second-order valence-electron chi connectivity index (χ2n) is 5.11. The first-order valence-electron chi connectivity index (χ1n) is 7.01. The summed E-state index contributed by atoms with van der Waals surface area (Å²) in [4.78, 5) is 30.3. The fraction of sp³-hybridized carbons (Fsp3) is 0.643. The van der Waals surface area contributed by atoms with Gasteiger partial charge in [-0.05, 0) is 26.7 Å². The molecule has 2 rings (SSSR count). The van der Waals surface area contributed by atoms with Crippen LogP contribution in [0.1, 0.15) is 44.0 Å². The Morgan fingerprint density at radius 2 is 1.95 bits per heavy atom. The number of oxazole rings is 1. The number of hydrogen-bond donors (Lipinski definition) is 1. The summed E-state index contributed by atoms with van der Waals surface area (Å²) in [6.07, 6.45) is 1.16. The van der Waals surface area contributed by atoms with Crippen LogP contribution in [0.15, 0.2) is 4.42 Å². The zero-order valence-electron chi connectivity index (χ0n) is 12.4. The Hall–Kier alpha value is -1.85. The molecule has 6 heteroatoms. The lowest BCUT2D eigenvalue weighted by molar-refractivity contribution is -0.150. The summed E-state index contributed by atoms with van der Waals surface area (Å²) >= 11 is 0. The van der Waals surface area contributed by atoms with Crippen molar-refractivity contribution in [2.24, 2.45) is 0 Å². The van der Waals surface area contributed by atoms with Crippen molar-refractivity contribution < 1.29 is 14.0 Å². The van der Waals surface area contributed by atoms with Crippen LogP contribution in [-0.2, 0) is 16.1 Å². The SMILES string of the molecule is CCC1NC(=O)C(CC)N(Cc2nc(C)c(C)o2)C1=O. The molecule has 1 N–H and O–H groups in total. The Bertz CT molecular complexity index is 504. The van der Waals surface area contributed by atoms with Crippen LogP contribution in [0.4, 0.5) is 0 Å². The summed E-state index contributed by atoms with van der Waals surface area (Å²) in [6.45, 7) is 7.72. The third-order valence-electron chi connectivity index (χ3n) is 3.75. The smallest absolute Gasteiger partial charge is 0.246 e. The molecule has 0 radical (unpaired) electrons. The number of aromatic nitrogens is 1. The van der Waals surface area contributed by atoms with Gasteiger partial charge in [0, 0.05) is 0 Å². The van der Waals surface area contributed by atoms with E-state index in [0.717, 1.165) is 11.5 Å². The van der Waals surface area contributed by atoms with Crippen LogP contribution in [0.5, 0.6) is 0 Å². The van der Waals surface area contributed by atoms with Crippen LogP contribution in [0.2, 0.25) is 0 Å². The van der Waals surface area contributed by atoms with Gasteiger partial charge in [0.15, 0.2) is 0 Å². The van der Waals surface area contributed by atoms with Crippen molar-refractivity contribution in [1.29, 1.82) is 0 Å². The van der Waals surface area contributed by atoms with Gasteiger partial charge in [-0.1, -0.05) is 13.8 Å². The van der Waals surface area contributed by atoms with Crippen LogP contribution in [0.25, 0.3) is 0 Å². The summed E-state index contributed by atoms with van der Waals surface area (Å²) in [5.74, 6) is 1.07. The lowest BCUT2D eigenvalue weighted by Crippen LogP contribution is -2.62. The van der Waals surface area contributed by atoms with Gasteiger partial charge in [0.05, 0.1) is 12.2 Å². The Kier molecular flexibility index (Phi) is 4.11. The number of hydrogen-bond acceptors (Lipinski definition) is 4. The topological polar surface area (TPSA) is 75.4 Å². The van der Waals surface area contributed by atoms with Crippen LogP contribution < -0.4 is 5.32 Å². The van der Waals surface area contributed by atoms with Crippen molar-refractivity contribution in [2.75, 3.05) is 0 Å². The zero-order valence-corrected chi connectivity index (χ0v) is 12.4. The summed E-state index contributed by atoms with van der Waals surface area (Å²) < 4.78 is 5.53. The maximum absolute atomic E-state index is 12.4. The van der Waals surface area contributed by atoms with Gasteiger partial charge < -0.3 is 14.6 Å². The number of piperazine rings is 1. The van der Waals surface area contributed by atoms with Crippen molar-refractivity contribution in [1.82, 2.24) is 15.2 Å². The normalized spacial score (nSPS) is 23.1. The van der Waals surface area contributed by atoms with Crippen molar-refractivity contribution in [3.05, 3.63) is 17.3 Å². The number of rotatable bonds is 4. The molecule has 0 aliphatic carbocycles. The second kappa shape index (κ2) is 5.64. The highest BCUT2D eigenvalue weighted by atomic mass is 16.4. The first-order valence-corrected chi connectivity index (χ1v) is 7.01. The molecule has 2 unspecified atom stereocenters. The lowest BCUT2D eigenvalue weighted by Gasteiger charge is -2.37. The van der Waals surface area contributed by atoms with Gasteiger partial charge in [-0.3, -0.25) is 9.59 Å². The van der Waals surface area contributed by atoms with E-state index in [9.17, 15) is 9.59 Å².